The lowest BCUT2D eigenvalue weighted by Crippen LogP contribution is -2.07. The minimum absolute atomic E-state index is 0.0571. The molecule has 28 heavy (non-hydrogen) atoms. The van der Waals surface area contributed by atoms with Crippen LogP contribution in [0.25, 0.3) is 12.2 Å². The Hall–Kier alpha value is -2.83. The third-order valence-electron chi connectivity index (χ3n) is 4.27. The number of aliphatic hydroxyl groups is 1. The third-order valence-corrected chi connectivity index (χ3v) is 6.11. The van der Waals surface area contributed by atoms with E-state index < -0.39 is 27.6 Å². The zero-order valence-electron chi connectivity index (χ0n) is 15.0. The first-order valence-electron chi connectivity index (χ1n) is 8.54. The van der Waals surface area contributed by atoms with Crippen LogP contribution in [-0.2, 0) is 9.84 Å². The van der Waals surface area contributed by atoms with E-state index >= 15 is 0 Å². The van der Waals surface area contributed by atoms with Gasteiger partial charge in [-0.2, -0.15) is 0 Å². The van der Waals surface area contributed by atoms with E-state index in [-0.39, 0.29) is 15.4 Å². The van der Waals surface area contributed by atoms with Crippen molar-refractivity contribution in [1.29, 1.82) is 0 Å². The summed E-state index contributed by atoms with van der Waals surface area (Å²) in [6, 6.07) is 15.7. The summed E-state index contributed by atoms with van der Waals surface area (Å²) in [5.74, 6) is -1.33. The number of hydrogen-bond donors (Lipinski definition) is 1. The summed E-state index contributed by atoms with van der Waals surface area (Å²) in [7, 11) is -3.80. The van der Waals surface area contributed by atoms with E-state index in [0.717, 1.165) is 12.1 Å². The highest BCUT2D eigenvalue weighted by Crippen LogP contribution is 2.28. The standard InChI is InChI=1S/C22H18F2O3S/c1-15(25)20-4-2-3-5-22(20)28(26,27)19-12-7-16(8-13-19)6-9-17-10-11-18(23)14-21(17)24/h2-15,25H,1H3/t15-/m0/s1. The fraction of sp³-hybridized carbons (Fsp3) is 0.0909. The summed E-state index contributed by atoms with van der Waals surface area (Å²) in [5, 5.41) is 9.85. The number of benzene rings is 3. The van der Waals surface area contributed by atoms with Crippen molar-refractivity contribution in [3.8, 4) is 0 Å². The normalized spacial score (nSPS) is 13.0. The van der Waals surface area contributed by atoms with Crippen molar-refractivity contribution in [3.05, 3.63) is 95.1 Å². The third kappa shape index (κ3) is 4.18. The van der Waals surface area contributed by atoms with Crippen molar-refractivity contribution in [3.63, 3.8) is 0 Å². The smallest absolute Gasteiger partial charge is 0.206 e. The quantitative estimate of drug-likeness (QED) is 0.612. The number of hydrogen-bond acceptors (Lipinski definition) is 3. The minimum atomic E-state index is -3.80. The monoisotopic (exact) mass is 400 g/mol. The van der Waals surface area contributed by atoms with Gasteiger partial charge in [0.05, 0.1) is 15.9 Å². The molecule has 6 heteroatoms. The van der Waals surface area contributed by atoms with Gasteiger partial charge in [0.2, 0.25) is 9.84 Å². The van der Waals surface area contributed by atoms with Crippen LogP contribution < -0.4 is 0 Å². The molecule has 0 saturated carbocycles. The number of sulfone groups is 1. The SMILES string of the molecule is C[C@H](O)c1ccccc1S(=O)(=O)c1ccc(C=Cc2ccc(F)cc2F)cc1. The molecule has 0 heterocycles. The average Bonchev–Trinajstić information content (AvgIpc) is 2.67. The first-order valence-corrected chi connectivity index (χ1v) is 10.0. The molecule has 3 aromatic carbocycles. The summed E-state index contributed by atoms with van der Waals surface area (Å²) in [4.78, 5) is 0.146. The van der Waals surface area contributed by atoms with Gasteiger partial charge in [-0.3, -0.25) is 0 Å². The summed E-state index contributed by atoms with van der Waals surface area (Å²) < 4.78 is 52.4. The molecule has 0 fully saturated rings. The molecule has 1 atom stereocenters. The summed E-state index contributed by atoms with van der Waals surface area (Å²) in [6.07, 6.45) is 2.18. The maximum Gasteiger partial charge on any atom is 0.206 e. The van der Waals surface area contributed by atoms with Crippen LogP contribution in [0.15, 0.2) is 76.5 Å². The maximum absolute atomic E-state index is 13.7. The Labute approximate surface area is 162 Å². The van der Waals surface area contributed by atoms with Crippen LogP contribution in [0.3, 0.4) is 0 Å². The predicted molar refractivity (Wildman–Crippen MR) is 104 cm³/mol. The van der Waals surface area contributed by atoms with Crippen molar-refractivity contribution in [1.82, 2.24) is 0 Å². The van der Waals surface area contributed by atoms with Gasteiger partial charge in [0.15, 0.2) is 0 Å². The lowest BCUT2D eigenvalue weighted by Gasteiger charge is -2.12. The van der Waals surface area contributed by atoms with Gasteiger partial charge in [0, 0.05) is 11.6 Å². The van der Waals surface area contributed by atoms with E-state index in [1.807, 2.05) is 0 Å². The van der Waals surface area contributed by atoms with Crippen molar-refractivity contribution >= 4 is 22.0 Å². The minimum Gasteiger partial charge on any atom is -0.389 e. The van der Waals surface area contributed by atoms with E-state index in [4.69, 9.17) is 0 Å². The number of aliphatic hydroxyl groups excluding tert-OH is 1. The Morgan fingerprint density at radius 2 is 1.61 bits per heavy atom. The highest BCUT2D eigenvalue weighted by molar-refractivity contribution is 7.91. The Kier molecular flexibility index (Phi) is 5.72. The first-order chi connectivity index (χ1) is 13.3. The predicted octanol–water partition coefficient (Wildman–Crippen LogP) is 5.02. The van der Waals surface area contributed by atoms with Gasteiger partial charge in [-0.25, -0.2) is 17.2 Å². The molecule has 0 radical (unpaired) electrons. The van der Waals surface area contributed by atoms with Crippen LogP contribution in [-0.4, -0.2) is 13.5 Å². The van der Waals surface area contributed by atoms with Crippen LogP contribution in [0.2, 0.25) is 0 Å². The molecule has 0 bridgehead atoms. The molecule has 0 unspecified atom stereocenters. The van der Waals surface area contributed by atoms with Crippen LogP contribution >= 0.6 is 0 Å². The van der Waals surface area contributed by atoms with Gasteiger partial charge in [-0.05, 0) is 48.4 Å². The molecular weight excluding hydrogens is 382 g/mol. The van der Waals surface area contributed by atoms with E-state index in [1.54, 1.807) is 36.4 Å². The lowest BCUT2D eigenvalue weighted by molar-refractivity contribution is 0.196. The summed E-state index contributed by atoms with van der Waals surface area (Å²) in [5.41, 5.74) is 1.22. The van der Waals surface area contributed by atoms with Crippen molar-refractivity contribution in [2.45, 2.75) is 22.8 Å². The molecule has 3 aromatic rings. The van der Waals surface area contributed by atoms with Gasteiger partial charge >= 0.3 is 0 Å². The Bertz CT molecular complexity index is 1120. The molecule has 0 saturated heterocycles. The maximum atomic E-state index is 13.7. The topological polar surface area (TPSA) is 54.4 Å². The van der Waals surface area contributed by atoms with Gasteiger partial charge in [-0.1, -0.05) is 42.5 Å². The van der Waals surface area contributed by atoms with Gasteiger partial charge in [0.25, 0.3) is 0 Å². The molecular formula is C22H18F2O3S. The van der Waals surface area contributed by atoms with Crippen molar-refractivity contribution < 1.29 is 22.3 Å². The van der Waals surface area contributed by atoms with Gasteiger partial charge in [0.1, 0.15) is 11.6 Å². The molecule has 3 nitrogen and oxygen atoms in total. The molecule has 0 spiro atoms. The van der Waals surface area contributed by atoms with E-state index in [1.165, 1.54) is 37.3 Å². The Morgan fingerprint density at radius 3 is 2.25 bits per heavy atom. The molecule has 0 amide bonds. The molecule has 144 valence electrons. The molecule has 0 aliphatic heterocycles. The van der Waals surface area contributed by atoms with Crippen molar-refractivity contribution in [2.75, 3.05) is 0 Å². The fourth-order valence-electron chi connectivity index (χ4n) is 2.78. The van der Waals surface area contributed by atoms with Crippen LogP contribution in [0.4, 0.5) is 8.78 Å². The Morgan fingerprint density at radius 1 is 0.929 bits per heavy atom. The summed E-state index contributed by atoms with van der Waals surface area (Å²) in [6.45, 7) is 1.51. The largest absolute Gasteiger partial charge is 0.389 e. The second-order valence-electron chi connectivity index (χ2n) is 6.29. The fourth-order valence-corrected chi connectivity index (χ4v) is 4.33. The van der Waals surface area contributed by atoms with Gasteiger partial charge in [-0.15, -0.1) is 0 Å². The van der Waals surface area contributed by atoms with Crippen molar-refractivity contribution in [2.24, 2.45) is 0 Å². The molecule has 0 aliphatic carbocycles. The molecule has 0 aromatic heterocycles. The average molecular weight is 400 g/mol. The van der Waals surface area contributed by atoms with Crippen LogP contribution in [0, 0.1) is 11.6 Å². The van der Waals surface area contributed by atoms with Gasteiger partial charge < -0.3 is 5.11 Å². The Balaban J connectivity index is 1.89. The zero-order chi connectivity index (χ0) is 20.3. The highest BCUT2D eigenvalue weighted by atomic mass is 32.2. The van der Waals surface area contributed by atoms with E-state index in [9.17, 15) is 22.3 Å². The highest BCUT2D eigenvalue weighted by Gasteiger charge is 2.22. The first kappa shape index (κ1) is 19.9. The second kappa shape index (κ2) is 8.04. The zero-order valence-corrected chi connectivity index (χ0v) is 15.8. The number of halogens is 2. The molecule has 3 rings (SSSR count). The lowest BCUT2D eigenvalue weighted by atomic mass is 10.1. The van der Waals surface area contributed by atoms with Crippen LogP contribution in [0.1, 0.15) is 29.7 Å². The second-order valence-corrected chi connectivity index (χ2v) is 8.20. The summed E-state index contributed by atoms with van der Waals surface area (Å²) >= 11 is 0. The van der Waals surface area contributed by atoms with Crippen LogP contribution in [0.5, 0.6) is 0 Å². The molecule has 1 N–H and O–H groups in total. The number of rotatable bonds is 5. The molecule has 0 aliphatic rings. The van der Waals surface area contributed by atoms with E-state index in [2.05, 4.69) is 0 Å². The van der Waals surface area contributed by atoms with E-state index in [0.29, 0.717) is 11.1 Å².